The van der Waals surface area contributed by atoms with Crippen LogP contribution in [0.1, 0.15) is 50.5 Å². The molecule has 1 aromatic carbocycles. The molecule has 4 heteroatoms. The lowest BCUT2D eigenvalue weighted by atomic mass is 10.1. The number of unbranched alkanes of at least 4 members (excludes halogenated alkanes) is 1. The van der Waals surface area contributed by atoms with Crippen molar-refractivity contribution in [3.8, 4) is 0 Å². The monoisotopic (exact) mass is 293 g/mol. The second-order valence-corrected chi connectivity index (χ2v) is 5.89. The van der Waals surface area contributed by atoms with Crippen LogP contribution in [-0.2, 0) is 11.3 Å². The summed E-state index contributed by atoms with van der Waals surface area (Å²) >= 11 is 0. The third kappa shape index (κ3) is 5.46. The van der Waals surface area contributed by atoms with E-state index in [0.717, 1.165) is 25.1 Å². The van der Waals surface area contributed by atoms with Crippen LogP contribution in [-0.4, -0.2) is 28.6 Å². The molecule has 21 heavy (non-hydrogen) atoms. The summed E-state index contributed by atoms with van der Waals surface area (Å²) in [4.78, 5) is 13.0. The van der Waals surface area contributed by atoms with Crippen LogP contribution in [0.4, 0.5) is 4.39 Å². The van der Waals surface area contributed by atoms with E-state index in [1.807, 2.05) is 6.07 Å². The van der Waals surface area contributed by atoms with Crippen molar-refractivity contribution in [2.75, 3.05) is 6.54 Å². The average Bonchev–Trinajstić information content (AvgIpc) is 2.96. The van der Waals surface area contributed by atoms with Gasteiger partial charge < -0.3 is 5.11 Å². The summed E-state index contributed by atoms with van der Waals surface area (Å²) in [6.45, 7) is 1.66. The molecule has 0 bridgehead atoms. The summed E-state index contributed by atoms with van der Waals surface area (Å²) in [6, 6.07) is 7.35. The zero-order valence-electron chi connectivity index (χ0n) is 12.4. The lowest BCUT2D eigenvalue weighted by molar-refractivity contribution is -0.137. The third-order valence-corrected chi connectivity index (χ3v) is 4.20. The maximum absolute atomic E-state index is 13.3. The van der Waals surface area contributed by atoms with Crippen molar-refractivity contribution in [1.29, 1.82) is 0 Å². The van der Waals surface area contributed by atoms with Gasteiger partial charge in [0.1, 0.15) is 5.82 Å². The molecular formula is C17H24FNO2. The highest BCUT2D eigenvalue weighted by atomic mass is 19.1. The van der Waals surface area contributed by atoms with E-state index in [4.69, 9.17) is 5.11 Å². The van der Waals surface area contributed by atoms with Crippen molar-refractivity contribution < 1.29 is 14.3 Å². The predicted molar refractivity (Wildman–Crippen MR) is 80.6 cm³/mol. The summed E-state index contributed by atoms with van der Waals surface area (Å²) in [7, 11) is 0. The number of nitrogens with zero attached hydrogens (tertiary/aromatic N) is 1. The Morgan fingerprint density at radius 1 is 1.29 bits per heavy atom. The standard InChI is InChI=1S/C17H24FNO2/c18-15-7-5-6-14(12-15)13-19(16-8-1-2-9-16)11-4-3-10-17(20)21/h5-7,12,16H,1-4,8-11,13H2,(H,20,21). The van der Waals surface area contributed by atoms with Gasteiger partial charge in [0.05, 0.1) is 0 Å². The molecule has 3 nitrogen and oxygen atoms in total. The number of rotatable bonds is 8. The molecule has 0 saturated heterocycles. The first-order valence-corrected chi connectivity index (χ1v) is 7.85. The topological polar surface area (TPSA) is 40.5 Å². The molecule has 0 aromatic heterocycles. The number of hydrogen-bond donors (Lipinski definition) is 1. The molecule has 1 saturated carbocycles. The Morgan fingerprint density at radius 3 is 2.71 bits per heavy atom. The van der Waals surface area contributed by atoms with E-state index in [1.165, 1.54) is 31.7 Å². The summed E-state index contributed by atoms with van der Waals surface area (Å²) in [5, 5.41) is 8.70. The SMILES string of the molecule is O=C(O)CCCCN(Cc1cccc(F)c1)C1CCCC1. The minimum atomic E-state index is -0.729. The molecule has 0 atom stereocenters. The van der Waals surface area contributed by atoms with Crippen molar-refractivity contribution >= 4 is 5.97 Å². The first-order chi connectivity index (χ1) is 10.1. The van der Waals surface area contributed by atoms with Gasteiger partial charge in [0.15, 0.2) is 0 Å². The van der Waals surface area contributed by atoms with Gasteiger partial charge in [0.25, 0.3) is 0 Å². The van der Waals surface area contributed by atoms with Crippen LogP contribution >= 0.6 is 0 Å². The first-order valence-electron chi connectivity index (χ1n) is 7.85. The predicted octanol–water partition coefficient (Wildman–Crippen LogP) is 3.83. The van der Waals surface area contributed by atoms with Gasteiger partial charge in [-0.25, -0.2) is 4.39 Å². The Hall–Kier alpha value is -1.42. The molecule has 1 N–H and O–H groups in total. The summed E-state index contributed by atoms with van der Waals surface area (Å²) in [6.07, 6.45) is 6.76. The Morgan fingerprint density at radius 2 is 2.05 bits per heavy atom. The second kappa shape index (κ2) is 8.13. The molecule has 0 heterocycles. The number of carboxylic acid groups (broad SMARTS) is 1. The second-order valence-electron chi connectivity index (χ2n) is 5.89. The van der Waals surface area contributed by atoms with Crippen LogP contribution in [0.2, 0.25) is 0 Å². The average molecular weight is 293 g/mol. The fourth-order valence-electron chi connectivity index (χ4n) is 3.12. The van der Waals surface area contributed by atoms with Crippen LogP contribution in [0.15, 0.2) is 24.3 Å². The molecule has 116 valence electrons. The van der Waals surface area contributed by atoms with Gasteiger partial charge in [-0.05, 0) is 49.9 Å². The van der Waals surface area contributed by atoms with Gasteiger partial charge >= 0.3 is 5.97 Å². The van der Waals surface area contributed by atoms with Gasteiger partial charge in [-0.15, -0.1) is 0 Å². The van der Waals surface area contributed by atoms with E-state index >= 15 is 0 Å². The van der Waals surface area contributed by atoms with E-state index < -0.39 is 5.97 Å². The zero-order chi connectivity index (χ0) is 15.1. The molecular weight excluding hydrogens is 269 g/mol. The Labute approximate surface area is 125 Å². The molecule has 0 spiro atoms. The summed E-state index contributed by atoms with van der Waals surface area (Å²) < 4.78 is 13.3. The maximum atomic E-state index is 13.3. The minimum Gasteiger partial charge on any atom is -0.481 e. The van der Waals surface area contributed by atoms with Crippen LogP contribution in [0, 0.1) is 5.82 Å². The smallest absolute Gasteiger partial charge is 0.303 e. The van der Waals surface area contributed by atoms with Gasteiger partial charge in [0, 0.05) is 19.0 Å². The number of hydrogen-bond acceptors (Lipinski definition) is 2. The minimum absolute atomic E-state index is 0.190. The van der Waals surface area contributed by atoms with Crippen LogP contribution < -0.4 is 0 Å². The fourth-order valence-corrected chi connectivity index (χ4v) is 3.12. The van der Waals surface area contributed by atoms with E-state index in [-0.39, 0.29) is 12.2 Å². The molecule has 1 fully saturated rings. The van der Waals surface area contributed by atoms with Gasteiger partial charge in [-0.2, -0.15) is 0 Å². The normalized spacial score (nSPS) is 15.7. The van der Waals surface area contributed by atoms with Crippen molar-refractivity contribution in [1.82, 2.24) is 4.90 Å². The van der Waals surface area contributed by atoms with Crippen molar-refractivity contribution in [3.63, 3.8) is 0 Å². The molecule has 0 radical (unpaired) electrons. The lowest BCUT2D eigenvalue weighted by Gasteiger charge is -2.29. The highest BCUT2D eigenvalue weighted by molar-refractivity contribution is 5.66. The quantitative estimate of drug-likeness (QED) is 0.741. The lowest BCUT2D eigenvalue weighted by Crippen LogP contribution is -2.33. The highest BCUT2D eigenvalue weighted by Crippen LogP contribution is 2.25. The zero-order valence-corrected chi connectivity index (χ0v) is 12.4. The maximum Gasteiger partial charge on any atom is 0.303 e. The summed E-state index contributed by atoms with van der Waals surface area (Å²) in [5.41, 5.74) is 1.00. The van der Waals surface area contributed by atoms with E-state index in [1.54, 1.807) is 12.1 Å². The van der Waals surface area contributed by atoms with Crippen molar-refractivity contribution in [2.45, 2.75) is 57.5 Å². The van der Waals surface area contributed by atoms with Crippen molar-refractivity contribution in [2.24, 2.45) is 0 Å². The number of aliphatic carboxylic acids is 1. The highest BCUT2D eigenvalue weighted by Gasteiger charge is 2.22. The summed E-state index contributed by atoms with van der Waals surface area (Å²) in [5.74, 6) is -0.919. The number of carboxylic acids is 1. The van der Waals surface area contributed by atoms with E-state index in [9.17, 15) is 9.18 Å². The molecule has 0 unspecified atom stereocenters. The van der Waals surface area contributed by atoms with Gasteiger partial charge in [-0.1, -0.05) is 25.0 Å². The van der Waals surface area contributed by atoms with Gasteiger partial charge in [0.2, 0.25) is 0 Å². The van der Waals surface area contributed by atoms with Crippen LogP contribution in [0.3, 0.4) is 0 Å². The molecule has 1 aromatic rings. The number of benzene rings is 1. The molecule has 2 rings (SSSR count). The fraction of sp³-hybridized carbons (Fsp3) is 0.588. The molecule has 1 aliphatic carbocycles. The third-order valence-electron chi connectivity index (χ3n) is 4.20. The molecule has 0 amide bonds. The number of carbonyl (C=O) groups is 1. The first kappa shape index (κ1) is 16.0. The number of halogens is 1. The Balaban J connectivity index is 1.90. The van der Waals surface area contributed by atoms with Crippen molar-refractivity contribution in [3.05, 3.63) is 35.6 Å². The Kier molecular flexibility index (Phi) is 6.18. The Bertz CT molecular complexity index is 458. The largest absolute Gasteiger partial charge is 0.481 e. The van der Waals surface area contributed by atoms with E-state index in [2.05, 4.69) is 4.90 Å². The molecule has 1 aliphatic rings. The molecule has 0 aliphatic heterocycles. The van der Waals surface area contributed by atoms with Crippen LogP contribution in [0.5, 0.6) is 0 Å². The van der Waals surface area contributed by atoms with E-state index in [0.29, 0.717) is 12.5 Å². The van der Waals surface area contributed by atoms with Gasteiger partial charge in [-0.3, -0.25) is 9.69 Å². The van der Waals surface area contributed by atoms with Crippen LogP contribution in [0.25, 0.3) is 0 Å².